The van der Waals surface area contributed by atoms with Crippen LogP contribution in [0.15, 0.2) is 23.0 Å². The zero-order valence-corrected chi connectivity index (χ0v) is 17.9. The van der Waals surface area contributed by atoms with Gasteiger partial charge in [-0.15, -0.1) is 11.3 Å². The highest BCUT2D eigenvalue weighted by Gasteiger charge is 2.32. The van der Waals surface area contributed by atoms with Gasteiger partial charge in [0.1, 0.15) is 21.9 Å². The van der Waals surface area contributed by atoms with Gasteiger partial charge in [0.15, 0.2) is 5.82 Å². The van der Waals surface area contributed by atoms with E-state index in [1.54, 1.807) is 4.90 Å². The lowest BCUT2D eigenvalue weighted by atomic mass is 10.1. The van der Waals surface area contributed by atoms with Crippen LogP contribution in [0.25, 0.3) is 25.9 Å². The standard InChI is InChI=1S/C20H16ClF2N5O3S/c21-13-16-11(15(26-25)14(23)17(13)27-4-3-8(24)6-27)18(29)12(20(30)31)19-28(16)9-2-1-7(22)5-10(9)32-19/h1-2,5,8,26H,3-4,6,24-25H2,(H,30,31). The van der Waals surface area contributed by atoms with E-state index in [1.807, 2.05) is 0 Å². The fourth-order valence-electron chi connectivity index (χ4n) is 4.31. The molecule has 0 bridgehead atoms. The summed E-state index contributed by atoms with van der Waals surface area (Å²) in [6.07, 6.45) is 0.618. The molecule has 1 aliphatic heterocycles. The molecule has 166 valence electrons. The molecule has 0 saturated carbocycles. The molecule has 1 saturated heterocycles. The number of hydrazine groups is 1. The Bertz CT molecular complexity index is 1520. The minimum Gasteiger partial charge on any atom is -0.477 e. The molecule has 1 aliphatic rings. The number of carboxylic acids is 1. The highest BCUT2D eigenvalue weighted by Crippen LogP contribution is 2.44. The number of fused-ring (bicyclic) bond motifs is 5. The molecule has 1 unspecified atom stereocenters. The monoisotopic (exact) mass is 479 g/mol. The molecule has 0 spiro atoms. The Morgan fingerprint density at radius 2 is 2.09 bits per heavy atom. The molecule has 1 atom stereocenters. The van der Waals surface area contributed by atoms with Crippen molar-refractivity contribution in [3.05, 3.63) is 50.6 Å². The summed E-state index contributed by atoms with van der Waals surface area (Å²) in [7, 11) is 0. The van der Waals surface area contributed by atoms with Crippen molar-refractivity contribution >= 4 is 66.2 Å². The Morgan fingerprint density at radius 3 is 2.72 bits per heavy atom. The Balaban J connectivity index is 2.07. The molecule has 2 aromatic carbocycles. The molecule has 4 aromatic rings. The number of anilines is 2. The van der Waals surface area contributed by atoms with Gasteiger partial charge >= 0.3 is 5.97 Å². The maximum absolute atomic E-state index is 15.6. The van der Waals surface area contributed by atoms with Crippen molar-refractivity contribution in [2.24, 2.45) is 11.6 Å². The number of hydrogen-bond acceptors (Lipinski definition) is 7. The van der Waals surface area contributed by atoms with E-state index in [0.29, 0.717) is 29.7 Å². The van der Waals surface area contributed by atoms with E-state index in [0.717, 1.165) is 11.3 Å². The topological polar surface area (TPSA) is 126 Å². The first-order valence-electron chi connectivity index (χ1n) is 9.56. The van der Waals surface area contributed by atoms with Crippen molar-refractivity contribution in [3.63, 3.8) is 0 Å². The summed E-state index contributed by atoms with van der Waals surface area (Å²) in [5.74, 6) is 2.68. The molecule has 3 heterocycles. The van der Waals surface area contributed by atoms with Gasteiger partial charge in [-0.3, -0.25) is 15.0 Å². The van der Waals surface area contributed by atoms with Gasteiger partial charge in [-0.2, -0.15) is 0 Å². The molecule has 32 heavy (non-hydrogen) atoms. The van der Waals surface area contributed by atoms with Crippen molar-refractivity contribution in [2.45, 2.75) is 12.5 Å². The van der Waals surface area contributed by atoms with Gasteiger partial charge in [0.2, 0.25) is 5.43 Å². The summed E-state index contributed by atoms with van der Waals surface area (Å²) < 4.78 is 31.3. The van der Waals surface area contributed by atoms with Crippen molar-refractivity contribution in [3.8, 4) is 0 Å². The molecular formula is C20H16ClF2N5O3S. The number of pyridine rings is 1. The zero-order chi connectivity index (χ0) is 22.9. The zero-order valence-electron chi connectivity index (χ0n) is 16.3. The summed E-state index contributed by atoms with van der Waals surface area (Å²) in [4.78, 5) is 27.0. The van der Waals surface area contributed by atoms with E-state index in [9.17, 15) is 19.1 Å². The quantitative estimate of drug-likeness (QED) is 0.263. The average molecular weight is 480 g/mol. The highest BCUT2D eigenvalue weighted by molar-refractivity contribution is 7.24. The number of nitrogen functional groups attached to an aromatic ring is 1. The number of aromatic carboxylic acids is 1. The summed E-state index contributed by atoms with van der Waals surface area (Å²) in [5.41, 5.74) is 6.80. The first-order valence-corrected chi connectivity index (χ1v) is 10.8. The van der Waals surface area contributed by atoms with Crippen molar-refractivity contribution in [1.82, 2.24) is 4.40 Å². The normalized spacial score (nSPS) is 16.5. The van der Waals surface area contributed by atoms with E-state index >= 15 is 4.39 Å². The lowest BCUT2D eigenvalue weighted by Gasteiger charge is -2.24. The maximum Gasteiger partial charge on any atom is 0.342 e. The van der Waals surface area contributed by atoms with Gasteiger partial charge in [-0.25, -0.2) is 13.6 Å². The molecule has 8 nitrogen and oxygen atoms in total. The number of nitrogens with two attached hydrogens (primary N) is 2. The number of rotatable bonds is 3. The van der Waals surface area contributed by atoms with E-state index in [2.05, 4.69) is 5.43 Å². The van der Waals surface area contributed by atoms with Gasteiger partial charge in [-0.05, 0) is 24.6 Å². The largest absolute Gasteiger partial charge is 0.477 e. The van der Waals surface area contributed by atoms with E-state index in [1.165, 1.54) is 22.6 Å². The third-order valence-corrected chi connectivity index (χ3v) is 7.18. The van der Waals surface area contributed by atoms with Crippen LogP contribution in [0.5, 0.6) is 0 Å². The fraction of sp³-hybridized carbons (Fsp3) is 0.200. The Kier molecular flexibility index (Phi) is 4.75. The molecule has 1 fully saturated rings. The van der Waals surface area contributed by atoms with E-state index in [4.69, 9.17) is 23.2 Å². The number of aromatic nitrogens is 1. The van der Waals surface area contributed by atoms with Crippen LogP contribution >= 0.6 is 22.9 Å². The predicted octanol–water partition coefficient (Wildman–Crippen LogP) is 3.12. The van der Waals surface area contributed by atoms with Crippen LogP contribution in [-0.4, -0.2) is 34.6 Å². The lowest BCUT2D eigenvalue weighted by Crippen LogP contribution is -2.28. The van der Waals surface area contributed by atoms with Crippen molar-refractivity contribution in [2.75, 3.05) is 23.4 Å². The molecule has 6 N–H and O–H groups in total. The summed E-state index contributed by atoms with van der Waals surface area (Å²) in [6.45, 7) is 0.779. The summed E-state index contributed by atoms with van der Waals surface area (Å²) in [5, 5.41) is 9.39. The highest BCUT2D eigenvalue weighted by atomic mass is 35.5. The van der Waals surface area contributed by atoms with Crippen molar-refractivity contribution in [1.29, 1.82) is 0 Å². The summed E-state index contributed by atoms with van der Waals surface area (Å²) >= 11 is 7.64. The number of nitrogens with one attached hydrogen (secondary N) is 1. The van der Waals surface area contributed by atoms with Crippen LogP contribution < -0.4 is 27.3 Å². The molecular weight excluding hydrogens is 464 g/mol. The average Bonchev–Trinajstić information content (AvgIpc) is 3.31. The third kappa shape index (κ3) is 2.78. The molecule has 0 aliphatic carbocycles. The van der Waals surface area contributed by atoms with Crippen LogP contribution in [0.1, 0.15) is 16.8 Å². The molecule has 5 rings (SSSR count). The predicted molar refractivity (Wildman–Crippen MR) is 121 cm³/mol. The second-order valence-corrected chi connectivity index (χ2v) is 8.99. The number of hydrogen-bond donors (Lipinski definition) is 4. The second-order valence-electron chi connectivity index (χ2n) is 7.58. The number of carbonyl (C=O) groups is 1. The first kappa shape index (κ1) is 20.9. The molecule has 12 heteroatoms. The van der Waals surface area contributed by atoms with Gasteiger partial charge in [0.05, 0.1) is 31.8 Å². The number of halogens is 3. The SMILES string of the molecule is NNc1c(F)c(N2CCC(N)C2)c(Cl)c2c1c(=O)c(C(=O)O)c1sc3cc(F)ccc3n12. The minimum atomic E-state index is -1.50. The van der Waals surface area contributed by atoms with Crippen LogP contribution in [0, 0.1) is 11.6 Å². The van der Waals surface area contributed by atoms with E-state index in [-0.39, 0.29) is 38.2 Å². The Hall–Kier alpha value is -2.99. The maximum atomic E-state index is 15.6. The molecule has 0 radical (unpaired) electrons. The second kappa shape index (κ2) is 7.27. The van der Waals surface area contributed by atoms with Gasteiger partial charge in [0, 0.05) is 19.1 Å². The molecule has 2 aromatic heterocycles. The lowest BCUT2D eigenvalue weighted by molar-refractivity contribution is 0.0697. The number of nitrogens with zero attached hydrogens (tertiary/aromatic N) is 2. The number of carboxylic acid groups (broad SMARTS) is 1. The number of thiazole rings is 1. The third-order valence-electron chi connectivity index (χ3n) is 5.69. The van der Waals surface area contributed by atoms with Crippen LogP contribution in [-0.2, 0) is 0 Å². The Morgan fingerprint density at radius 1 is 1.34 bits per heavy atom. The van der Waals surface area contributed by atoms with Gasteiger partial charge in [-0.1, -0.05) is 11.6 Å². The van der Waals surface area contributed by atoms with Crippen LogP contribution in [0.2, 0.25) is 5.02 Å². The number of benzene rings is 2. The summed E-state index contributed by atoms with van der Waals surface area (Å²) in [6, 6.07) is 3.70. The van der Waals surface area contributed by atoms with Crippen LogP contribution in [0.3, 0.4) is 0 Å². The van der Waals surface area contributed by atoms with Gasteiger partial charge < -0.3 is 21.2 Å². The smallest absolute Gasteiger partial charge is 0.342 e. The molecule has 0 amide bonds. The van der Waals surface area contributed by atoms with Crippen LogP contribution in [0.4, 0.5) is 20.2 Å². The fourth-order valence-corrected chi connectivity index (χ4v) is 5.90. The Labute approximate surface area is 187 Å². The van der Waals surface area contributed by atoms with Gasteiger partial charge in [0.25, 0.3) is 0 Å². The van der Waals surface area contributed by atoms with E-state index < -0.39 is 28.6 Å². The first-order chi connectivity index (χ1) is 15.2. The van der Waals surface area contributed by atoms with Crippen molar-refractivity contribution < 1.29 is 18.7 Å². The minimum absolute atomic E-state index is 0.0119.